The smallest absolute Gasteiger partial charge is 0.121 e. The summed E-state index contributed by atoms with van der Waals surface area (Å²) in [6, 6.07) is 28.9. The van der Waals surface area contributed by atoms with Crippen LogP contribution in [0.15, 0.2) is 211 Å². The van der Waals surface area contributed by atoms with Crippen molar-refractivity contribution in [2.45, 2.75) is 59.2 Å². The Labute approximate surface area is 318 Å². The second-order valence-corrected chi connectivity index (χ2v) is 12.8. The molecular weight excluding hydrogens is 647 g/mol. The Bertz CT molecular complexity index is 1940. The van der Waals surface area contributed by atoms with Crippen molar-refractivity contribution in [3.63, 3.8) is 0 Å². The number of hydrogen-bond acceptors (Lipinski definition) is 3. The summed E-state index contributed by atoms with van der Waals surface area (Å²) in [5.41, 5.74) is 9.11. The Hall–Kier alpha value is -5.89. The number of nitrogens with zero attached hydrogens (tertiary/aromatic N) is 1. The minimum atomic E-state index is 0.00931. The van der Waals surface area contributed by atoms with Crippen molar-refractivity contribution in [2.24, 2.45) is 10.9 Å². The molecule has 0 aliphatic heterocycles. The Balaban J connectivity index is 0.000000617. The van der Waals surface area contributed by atoms with Gasteiger partial charge in [0.1, 0.15) is 24.2 Å². The topological polar surface area (TPSA) is 30.8 Å². The van der Waals surface area contributed by atoms with Crippen LogP contribution in [0.25, 0.3) is 5.57 Å². The maximum absolute atomic E-state index is 6.21. The first-order valence-electron chi connectivity index (χ1n) is 18.4. The number of ether oxygens (including phenoxy) is 2. The Kier molecular flexibility index (Phi) is 16.7. The van der Waals surface area contributed by atoms with Gasteiger partial charge in [-0.3, -0.25) is 0 Å². The molecular formula is C50H53NO2. The van der Waals surface area contributed by atoms with E-state index in [4.69, 9.17) is 14.5 Å². The molecule has 2 unspecified atom stereocenters. The summed E-state index contributed by atoms with van der Waals surface area (Å²) in [6.45, 7) is 16.9. The van der Waals surface area contributed by atoms with Crippen LogP contribution in [0.2, 0.25) is 0 Å². The van der Waals surface area contributed by atoms with Gasteiger partial charge in [0.05, 0.1) is 5.70 Å². The molecule has 0 bridgehead atoms. The van der Waals surface area contributed by atoms with Crippen molar-refractivity contribution in [3.05, 3.63) is 222 Å². The van der Waals surface area contributed by atoms with Crippen LogP contribution >= 0.6 is 0 Å². The van der Waals surface area contributed by atoms with Gasteiger partial charge in [0, 0.05) is 17.9 Å². The molecule has 0 fully saturated rings. The van der Waals surface area contributed by atoms with E-state index in [9.17, 15) is 0 Å². The summed E-state index contributed by atoms with van der Waals surface area (Å²) in [6.07, 6.45) is 29.0. The molecule has 0 saturated carbocycles. The van der Waals surface area contributed by atoms with E-state index in [2.05, 4.69) is 149 Å². The maximum Gasteiger partial charge on any atom is 0.121 e. The van der Waals surface area contributed by atoms with E-state index in [1.54, 1.807) is 0 Å². The minimum Gasteiger partial charge on any atom is -0.489 e. The molecule has 6 rings (SSSR count). The van der Waals surface area contributed by atoms with Crippen LogP contribution in [0, 0.1) is 12.8 Å². The predicted molar refractivity (Wildman–Crippen MR) is 227 cm³/mol. The van der Waals surface area contributed by atoms with Crippen LogP contribution in [0.1, 0.15) is 56.2 Å². The highest BCUT2D eigenvalue weighted by atomic mass is 16.5. The Morgan fingerprint density at radius 3 is 2.23 bits per heavy atom. The zero-order valence-electron chi connectivity index (χ0n) is 31.6. The van der Waals surface area contributed by atoms with Gasteiger partial charge in [0.25, 0.3) is 0 Å². The first kappa shape index (κ1) is 39.9. The highest BCUT2D eigenvalue weighted by Gasteiger charge is 2.17. The zero-order valence-corrected chi connectivity index (χ0v) is 31.6. The fraction of sp³-hybridized carbons (Fsp3) is 0.200. The molecule has 270 valence electrons. The van der Waals surface area contributed by atoms with Crippen molar-refractivity contribution >= 4 is 11.4 Å². The Morgan fingerprint density at radius 2 is 1.64 bits per heavy atom. The van der Waals surface area contributed by atoms with Gasteiger partial charge in [-0.15, -0.1) is 13.2 Å². The van der Waals surface area contributed by atoms with Crippen molar-refractivity contribution < 1.29 is 9.47 Å². The van der Waals surface area contributed by atoms with Crippen molar-refractivity contribution in [1.82, 2.24) is 0 Å². The number of aliphatic imine (C=N–C) groups is 1. The van der Waals surface area contributed by atoms with Crippen molar-refractivity contribution in [1.29, 1.82) is 0 Å². The highest BCUT2D eigenvalue weighted by molar-refractivity contribution is 5.92. The fourth-order valence-corrected chi connectivity index (χ4v) is 5.74. The molecule has 0 spiro atoms. The van der Waals surface area contributed by atoms with Gasteiger partial charge in [-0.1, -0.05) is 134 Å². The lowest BCUT2D eigenvalue weighted by molar-refractivity contribution is 0.208. The molecule has 3 aromatic rings. The summed E-state index contributed by atoms with van der Waals surface area (Å²) in [7, 11) is 0. The fourth-order valence-electron chi connectivity index (χ4n) is 5.74. The molecule has 3 heteroatoms. The molecule has 3 aliphatic carbocycles. The number of allylic oxidation sites excluding steroid dienone is 15. The number of aryl methyl sites for hydroxylation is 1. The molecule has 0 heterocycles. The largest absolute Gasteiger partial charge is 0.489 e. The molecule has 3 aliphatic rings. The molecule has 53 heavy (non-hydrogen) atoms. The van der Waals surface area contributed by atoms with E-state index in [0.29, 0.717) is 6.61 Å². The van der Waals surface area contributed by atoms with Crippen molar-refractivity contribution in [2.75, 3.05) is 0 Å². The normalized spacial score (nSPS) is 17.4. The highest BCUT2D eigenvalue weighted by Crippen LogP contribution is 2.30. The molecule has 0 radical (unpaired) electrons. The first-order valence-corrected chi connectivity index (χ1v) is 18.4. The van der Waals surface area contributed by atoms with E-state index in [-0.39, 0.29) is 12.0 Å². The third kappa shape index (κ3) is 13.3. The molecule has 2 atom stereocenters. The van der Waals surface area contributed by atoms with E-state index in [1.165, 1.54) is 11.1 Å². The molecule has 3 nitrogen and oxygen atoms in total. The van der Waals surface area contributed by atoms with E-state index < -0.39 is 0 Å². The van der Waals surface area contributed by atoms with Crippen molar-refractivity contribution in [3.8, 4) is 5.75 Å². The standard InChI is InChI=1S/C41H41NO2.C7H8.C2H4/c1-4-5-12-31(2)32(3)34-19-27-40(28-20-34)44-39-23-17-33(18-24-39)30-43-38-25-21-36(22-26-38)41(35-13-8-6-9-14-35)29-42-37-15-10-7-11-16-37;1-7-5-3-2-4-6-7;1-2/h4-10,12-15,17-21,23-27,36,40H,3,11,16,22,28,30H2,1-2H3;2-6H,1H3;1-2H2/b5-4-,31-12+;;. The quantitative estimate of drug-likeness (QED) is 0.113. The lowest BCUT2D eigenvalue weighted by atomic mass is 9.88. The molecule has 0 N–H and O–H groups in total. The molecule has 0 saturated heterocycles. The van der Waals surface area contributed by atoms with Gasteiger partial charge in [-0.2, -0.15) is 0 Å². The van der Waals surface area contributed by atoms with Gasteiger partial charge in [0.2, 0.25) is 0 Å². The summed E-state index contributed by atoms with van der Waals surface area (Å²) < 4.78 is 12.4. The average molecular weight is 700 g/mol. The maximum atomic E-state index is 6.21. The molecule has 0 aromatic heterocycles. The van der Waals surface area contributed by atoms with Crippen LogP contribution in [0.3, 0.4) is 0 Å². The van der Waals surface area contributed by atoms with Crippen LogP contribution in [0.5, 0.6) is 5.75 Å². The second kappa shape index (κ2) is 22.1. The van der Waals surface area contributed by atoms with Crippen LogP contribution in [0.4, 0.5) is 0 Å². The number of benzene rings is 3. The third-order valence-corrected chi connectivity index (χ3v) is 8.81. The van der Waals surface area contributed by atoms with Gasteiger partial charge in [-0.25, -0.2) is 4.99 Å². The number of rotatable bonds is 11. The van der Waals surface area contributed by atoms with Crippen LogP contribution < -0.4 is 4.74 Å². The van der Waals surface area contributed by atoms with Crippen LogP contribution in [-0.2, 0) is 11.3 Å². The lowest BCUT2D eigenvalue weighted by Crippen LogP contribution is -2.15. The average Bonchev–Trinajstić information content (AvgIpc) is 3.22. The van der Waals surface area contributed by atoms with Gasteiger partial charge >= 0.3 is 0 Å². The van der Waals surface area contributed by atoms with Gasteiger partial charge in [0.15, 0.2) is 0 Å². The molecule has 0 amide bonds. The van der Waals surface area contributed by atoms with E-state index in [0.717, 1.165) is 70.7 Å². The number of hydrogen-bond donors (Lipinski definition) is 0. The van der Waals surface area contributed by atoms with Gasteiger partial charge in [-0.05, 0) is 110 Å². The summed E-state index contributed by atoms with van der Waals surface area (Å²) in [5.74, 6) is 5.33. The second-order valence-electron chi connectivity index (χ2n) is 12.8. The molecule has 3 aromatic carbocycles. The lowest BCUT2D eigenvalue weighted by Gasteiger charge is -2.20. The summed E-state index contributed by atoms with van der Waals surface area (Å²) in [4.78, 5) is 4.71. The minimum absolute atomic E-state index is 0.00931. The van der Waals surface area contributed by atoms with E-state index in [1.807, 2.05) is 55.5 Å². The summed E-state index contributed by atoms with van der Waals surface area (Å²) >= 11 is 0. The Morgan fingerprint density at radius 1 is 0.906 bits per heavy atom. The van der Waals surface area contributed by atoms with Gasteiger partial charge < -0.3 is 9.47 Å². The zero-order chi connectivity index (χ0) is 37.7. The summed E-state index contributed by atoms with van der Waals surface area (Å²) in [5, 5.41) is 0. The first-order chi connectivity index (χ1) is 26.0. The third-order valence-electron chi connectivity index (χ3n) is 8.81. The van der Waals surface area contributed by atoms with Crippen LogP contribution in [-0.4, -0.2) is 12.0 Å². The monoisotopic (exact) mass is 699 g/mol. The SMILES string of the molecule is C=C.C=C(C1=CCC(Oc2ccc(COC3=CCC(C(=C=NC4=CC=CCC4)c4ccccc4)C=C3)cc2)C=C1)/C(C)=C/C=C\C.Cc1ccccc1. The predicted octanol–water partition coefficient (Wildman–Crippen LogP) is 13.2. The van der Waals surface area contributed by atoms with E-state index >= 15 is 0 Å².